The molecule has 5 aliphatic rings. The standard InChI is InChI=1S/C57H67N9O9/c1-30(2)49(62-56(69)71-6)53(67)64-18-8-12-43(64)52-59-29-41(61-52)37-21-31(3)48-45-26-38-24-34(14-16-42(38)66(45)55(75-47(48)27-37)36-15-17-46-35(25-36)11-10-20-73-46)40-28-58-51(60-40)44-13-9-19-65(44)54(68)50(63-57(70)72-7)39-22-32(4)74-33(5)23-39/h14-17,21,24-30,32-33,39,43-44,49-50,55H,8-13,18-20,22-23H2,1-7H3,(H,58,60)(H,59,61)(H,62,69)(H,63,70)/t32-,33+,39?,43-,44-,49?,50?,55?/m0/s1. The quantitative estimate of drug-likeness (QED) is 0.0962. The Morgan fingerprint density at radius 2 is 1.43 bits per heavy atom. The number of rotatable bonds is 11. The summed E-state index contributed by atoms with van der Waals surface area (Å²) in [5.41, 5.74) is 9.67. The van der Waals surface area contributed by atoms with Gasteiger partial charge in [-0.1, -0.05) is 19.9 Å². The van der Waals surface area contributed by atoms with Crippen LogP contribution >= 0.6 is 0 Å². The number of imidazole rings is 2. The zero-order chi connectivity index (χ0) is 52.2. The number of amides is 4. The van der Waals surface area contributed by atoms with E-state index in [-0.39, 0.29) is 47.9 Å². The highest BCUT2D eigenvalue weighted by atomic mass is 16.5. The van der Waals surface area contributed by atoms with Crippen LogP contribution in [0.25, 0.3) is 44.7 Å². The van der Waals surface area contributed by atoms with E-state index in [1.165, 1.54) is 14.2 Å². The molecule has 11 rings (SSSR count). The van der Waals surface area contributed by atoms with Crippen LogP contribution < -0.4 is 20.1 Å². The van der Waals surface area contributed by atoms with E-state index in [0.29, 0.717) is 44.2 Å². The minimum Gasteiger partial charge on any atom is -0.493 e. The molecule has 3 fully saturated rings. The van der Waals surface area contributed by atoms with Gasteiger partial charge in [0.05, 0.1) is 80.1 Å². The predicted octanol–water partition coefficient (Wildman–Crippen LogP) is 9.30. The number of aryl methyl sites for hydroxylation is 2. The third kappa shape index (κ3) is 9.46. The summed E-state index contributed by atoms with van der Waals surface area (Å²) in [4.78, 5) is 73.8. The summed E-state index contributed by atoms with van der Waals surface area (Å²) in [5.74, 6) is 2.49. The highest BCUT2D eigenvalue weighted by Crippen LogP contribution is 2.48. The second kappa shape index (κ2) is 20.4. The average molecular weight is 1020 g/mol. The van der Waals surface area contributed by atoms with Crippen molar-refractivity contribution in [3.8, 4) is 45.3 Å². The van der Waals surface area contributed by atoms with E-state index >= 15 is 0 Å². The van der Waals surface area contributed by atoms with Crippen LogP contribution in [0.15, 0.2) is 67.0 Å². The molecule has 0 aliphatic carbocycles. The van der Waals surface area contributed by atoms with E-state index < -0.39 is 30.5 Å². The van der Waals surface area contributed by atoms with E-state index in [0.717, 1.165) is 111 Å². The fourth-order valence-corrected chi connectivity index (χ4v) is 12.4. The lowest BCUT2D eigenvalue weighted by atomic mass is 9.85. The van der Waals surface area contributed by atoms with Gasteiger partial charge in [0.2, 0.25) is 18.0 Å². The maximum Gasteiger partial charge on any atom is 0.407 e. The van der Waals surface area contributed by atoms with Crippen LogP contribution in [0.2, 0.25) is 0 Å². The van der Waals surface area contributed by atoms with E-state index in [4.69, 9.17) is 33.7 Å². The highest BCUT2D eigenvalue weighted by molar-refractivity contribution is 5.93. The number of aromatic nitrogens is 5. The number of hydrogen-bond acceptors (Lipinski definition) is 11. The van der Waals surface area contributed by atoms with Crippen LogP contribution in [-0.2, 0) is 30.2 Å². The molecule has 4 unspecified atom stereocenters. The number of alkyl carbamates (subject to hydrolysis) is 2. The van der Waals surface area contributed by atoms with Gasteiger partial charge in [0.1, 0.15) is 35.2 Å². The Morgan fingerprint density at radius 1 is 0.760 bits per heavy atom. The minimum absolute atomic E-state index is 0.0374. The minimum atomic E-state index is -0.750. The number of nitrogens with one attached hydrogen (secondary N) is 4. The Bertz CT molecular complexity index is 3150. The summed E-state index contributed by atoms with van der Waals surface area (Å²) >= 11 is 0. The molecule has 5 aliphatic heterocycles. The van der Waals surface area contributed by atoms with Crippen molar-refractivity contribution in [1.29, 1.82) is 0 Å². The first-order valence-electron chi connectivity index (χ1n) is 26.5. The average Bonchev–Trinajstić information content (AvgIpc) is 4.30. The van der Waals surface area contributed by atoms with Crippen molar-refractivity contribution in [1.82, 2.24) is 44.9 Å². The SMILES string of the molecule is COC(=O)NC(C(=O)N1CCC[C@H]1c1ncc(-c2cc(C)c3c(c2)OC(c2ccc4c(c2)CCCO4)n2c-3cc3cc(-c4cnc([C@@H]5CCCN5C(=O)C(NC(=O)OC)C5C[C@@H](C)O[C@@H](C)C5)[nH]4)ccc32)[nH]1)C(C)C. The molecule has 0 spiro atoms. The van der Waals surface area contributed by atoms with Gasteiger partial charge < -0.3 is 58.7 Å². The van der Waals surface area contributed by atoms with Crippen molar-refractivity contribution in [2.75, 3.05) is 33.9 Å². The molecule has 8 heterocycles. The number of hydrogen-bond donors (Lipinski definition) is 4. The summed E-state index contributed by atoms with van der Waals surface area (Å²) in [6, 6.07) is 17.2. The second-order valence-corrected chi connectivity index (χ2v) is 21.3. The van der Waals surface area contributed by atoms with Gasteiger partial charge in [-0.05, 0) is 144 Å². The first-order valence-corrected chi connectivity index (χ1v) is 26.5. The van der Waals surface area contributed by atoms with Gasteiger partial charge >= 0.3 is 12.2 Å². The summed E-state index contributed by atoms with van der Waals surface area (Å²) < 4.78 is 31.4. The Morgan fingerprint density at radius 3 is 2.11 bits per heavy atom. The largest absolute Gasteiger partial charge is 0.493 e. The van der Waals surface area contributed by atoms with Crippen LogP contribution in [-0.4, -0.2) is 117 Å². The number of ether oxygens (including phenoxy) is 5. The van der Waals surface area contributed by atoms with E-state index in [2.05, 4.69) is 86.7 Å². The number of aromatic amines is 2. The molecule has 0 bridgehead atoms. The first kappa shape index (κ1) is 49.9. The van der Waals surface area contributed by atoms with Crippen LogP contribution in [0.4, 0.5) is 9.59 Å². The third-order valence-corrected chi connectivity index (χ3v) is 15.9. The van der Waals surface area contributed by atoms with Crippen LogP contribution in [0.5, 0.6) is 11.5 Å². The number of carbonyl (C=O) groups is 4. The van der Waals surface area contributed by atoms with Crippen molar-refractivity contribution in [2.24, 2.45) is 11.8 Å². The fraction of sp³-hybridized carbons (Fsp3) is 0.474. The summed E-state index contributed by atoms with van der Waals surface area (Å²) in [6.07, 6.45) is 8.09. The molecule has 3 aromatic carbocycles. The lowest BCUT2D eigenvalue weighted by Gasteiger charge is -2.38. The zero-order valence-corrected chi connectivity index (χ0v) is 43.7. The second-order valence-electron chi connectivity index (χ2n) is 21.3. The van der Waals surface area contributed by atoms with E-state index in [9.17, 15) is 19.2 Å². The van der Waals surface area contributed by atoms with Gasteiger partial charge in [-0.15, -0.1) is 0 Å². The van der Waals surface area contributed by atoms with E-state index in [1.807, 2.05) is 49.9 Å². The van der Waals surface area contributed by atoms with Crippen molar-refractivity contribution in [3.05, 3.63) is 95.3 Å². The van der Waals surface area contributed by atoms with Gasteiger partial charge in [-0.3, -0.25) is 9.59 Å². The molecular formula is C57H67N9O9. The number of carbonyl (C=O) groups excluding carboxylic acids is 4. The smallest absolute Gasteiger partial charge is 0.407 e. The van der Waals surface area contributed by atoms with Crippen molar-refractivity contribution < 1.29 is 42.9 Å². The molecule has 18 heteroatoms. The molecule has 18 nitrogen and oxygen atoms in total. The van der Waals surface area contributed by atoms with Gasteiger partial charge in [-0.2, -0.15) is 0 Å². The Labute approximate surface area is 436 Å². The molecule has 3 saturated heterocycles. The molecule has 3 aromatic heterocycles. The molecule has 8 atom stereocenters. The number of fused-ring (bicyclic) bond motifs is 6. The first-order chi connectivity index (χ1) is 36.3. The lowest BCUT2D eigenvalue weighted by Crippen LogP contribution is -2.54. The van der Waals surface area contributed by atoms with Crippen molar-refractivity contribution >= 4 is 34.9 Å². The van der Waals surface area contributed by atoms with Crippen molar-refractivity contribution in [3.63, 3.8) is 0 Å². The topological polar surface area (TPSA) is 207 Å². The van der Waals surface area contributed by atoms with E-state index in [1.54, 1.807) is 0 Å². The highest BCUT2D eigenvalue weighted by Gasteiger charge is 2.43. The molecule has 0 radical (unpaired) electrons. The van der Waals surface area contributed by atoms with Gasteiger partial charge in [0, 0.05) is 40.7 Å². The molecule has 394 valence electrons. The number of methoxy groups -OCH3 is 2. The molecule has 4 N–H and O–H groups in total. The molecule has 0 saturated carbocycles. The van der Waals surface area contributed by atoms with Gasteiger partial charge in [0.25, 0.3) is 0 Å². The summed E-state index contributed by atoms with van der Waals surface area (Å²) in [7, 11) is 2.61. The molecular weight excluding hydrogens is 955 g/mol. The molecule has 75 heavy (non-hydrogen) atoms. The number of nitrogens with zero attached hydrogens (tertiary/aromatic N) is 5. The summed E-state index contributed by atoms with van der Waals surface area (Å²) in [5, 5.41) is 6.64. The monoisotopic (exact) mass is 1020 g/mol. The van der Waals surface area contributed by atoms with Gasteiger partial charge in [-0.25, -0.2) is 19.6 Å². The third-order valence-electron chi connectivity index (χ3n) is 15.9. The van der Waals surface area contributed by atoms with Crippen molar-refractivity contribution in [2.45, 2.75) is 129 Å². The fourth-order valence-electron chi connectivity index (χ4n) is 12.4. The molecule has 4 amide bonds. The van der Waals surface area contributed by atoms with Crippen LogP contribution in [0.1, 0.15) is 119 Å². The number of H-pyrrole nitrogens is 2. The Balaban J connectivity index is 0.908. The lowest BCUT2D eigenvalue weighted by molar-refractivity contribution is -0.138. The Kier molecular flexibility index (Phi) is 13.6. The van der Waals surface area contributed by atoms with Crippen LogP contribution in [0, 0.1) is 18.8 Å². The Hall–Kier alpha value is -7.34. The molecule has 6 aromatic rings. The van der Waals surface area contributed by atoms with Gasteiger partial charge in [0.15, 0.2) is 0 Å². The zero-order valence-electron chi connectivity index (χ0n) is 43.7. The maximum absolute atomic E-state index is 14.5. The number of benzene rings is 3. The maximum atomic E-state index is 14.5. The predicted molar refractivity (Wildman–Crippen MR) is 280 cm³/mol. The van der Waals surface area contributed by atoms with Crippen LogP contribution in [0.3, 0.4) is 0 Å². The number of likely N-dealkylation sites (tertiary alicyclic amines) is 2. The normalized spacial score (nSPS) is 22.9. The summed E-state index contributed by atoms with van der Waals surface area (Å²) in [6.45, 7) is 11.7.